The van der Waals surface area contributed by atoms with Crippen LogP contribution >= 0.6 is 11.8 Å². The molecule has 3 rings (SSSR count). The molecule has 1 aromatic heterocycles. The molecule has 13 heteroatoms. The molecule has 3 heterocycles. The highest BCUT2D eigenvalue weighted by Gasteiger charge is 2.36. The van der Waals surface area contributed by atoms with Crippen molar-refractivity contribution in [2.45, 2.75) is 10.5 Å². The fourth-order valence-electron chi connectivity index (χ4n) is 3.22. The monoisotopic (exact) mass is 453 g/mol. The lowest BCUT2D eigenvalue weighted by atomic mass is 10.2. The van der Waals surface area contributed by atoms with Crippen LogP contribution in [0.2, 0.25) is 0 Å². The molecule has 2 saturated heterocycles. The first-order valence-corrected chi connectivity index (χ1v) is 11.2. The van der Waals surface area contributed by atoms with Gasteiger partial charge < -0.3 is 9.80 Å². The number of carbonyl (C=O) groups excluding carboxylic acids is 1. The molecule has 0 bridgehead atoms. The maximum absolute atomic E-state index is 12.8. The molecule has 2 aliphatic rings. The molecule has 1 amide bonds. The van der Waals surface area contributed by atoms with Crippen LogP contribution in [-0.4, -0.2) is 103 Å². The van der Waals surface area contributed by atoms with E-state index in [9.17, 15) is 26.4 Å². The Morgan fingerprint density at radius 1 is 1.03 bits per heavy atom. The second-order valence-corrected chi connectivity index (χ2v) is 9.79. The van der Waals surface area contributed by atoms with Gasteiger partial charge in [-0.3, -0.25) is 4.79 Å². The minimum Gasteiger partial charge on any atom is -0.336 e. The van der Waals surface area contributed by atoms with E-state index < -0.39 is 38.4 Å². The van der Waals surface area contributed by atoms with Gasteiger partial charge >= 0.3 is 5.51 Å². The van der Waals surface area contributed by atoms with Gasteiger partial charge in [0.2, 0.25) is 0 Å². The number of alkyl halides is 3. The Kier molecular flexibility index (Phi) is 6.73. The first-order valence-electron chi connectivity index (χ1n) is 9.02. The summed E-state index contributed by atoms with van der Waals surface area (Å²) in [5.41, 5.74) is -4.69. The molecule has 8 nitrogen and oxygen atoms in total. The molecule has 2 fully saturated rings. The van der Waals surface area contributed by atoms with Crippen molar-refractivity contribution in [3.63, 3.8) is 0 Å². The van der Waals surface area contributed by atoms with Gasteiger partial charge in [0.1, 0.15) is 5.03 Å². The van der Waals surface area contributed by atoms with Crippen LogP contribution < -0.4 is 0 Å². The van der Waals surface area contributed by atoms with Crippen LogP contribution in [0, 0.1) is 0 Å². The van der Waals surface area contributed by atoms with Crippen LogP contribution in [0.1, 0.15) is 10.4 Å². The predicted octanol–water partition coefficient (Wildman–Crippen LogP) is 0.944. The SMILES string of the molecule is CN1CCN(S(=O)(=O)N2CCN(C(=O)c3cccnc3SC(F)(F)F)CC2)CC1. The van der Waals surface area contributed by atoms with Crippen LogP contribution in [0.4, 0.5) is 13.2 Å². The van der Waals surface area contributed by atoms with Gasteiger partial charge in [-0.2, -0.15) is 30.2 Å². The Morgan fingerprint density at radius 3 is 2.14 bits per heavy atom. The number of nitrogens with zero attached hydrogens (tertiary/aromatic N) is 5. The average molecular weight is 454 g/mol. The third kappa shape index (κ3) is 5.40. The second kappa shape index (κ2) is 8.76. The second-order valence-electron chi connectivity index (χ2n) is 6.81. The molecule has 0 atom stereocenters. The van der Waals surface area contributed by atoms with Crippen molar-refractivity contribution < 1.29 is 26.4 Å². The zero-order valence-electron chi connectivity index (χ0n) is 15.8. The molecule has 29 heavy (non-hydrogen) atoms. The van der Waals surface area contributed by atoms with Crippen LogP contribution in [0.25, 0.3) is 0 Å². The van der Waals surface area contributed by atoms with Gasteiger partial charge in [-0.15, -0.1) is 0 Å². The van der Waals surface area contributed by atoms with Crippen LogP contribution in [0.3, 0.4) is 0 Å². The summed E-state index contributed by atoms with van der Waals surface area (Å²) in [5, 5.41) is -0.405. The molecule has 162 valence electrons. The summed E-state index contributed by atoms with van der Waals surface area (Å²) in [5.74, 6) is -0.582. The van der Waals surface area contributed by atoms with Crippen molar-refractivity contribution in [3.8, 4) is 0 Å². The predicted molar refractivity (Wildman–Crippen MR) is 102 cm³/mol. The van der Waals surface area contributed by atoms with Crippen molar-refractivity contribution in [3.05, 3.63) is 23.9 Å². The third-order valence-corrected chi connectivity index (χ3v) is 7.64. The maximum atomic E-state index is 12.8. The molecule has 0 spiro atoms. The number of piperazine rings is 2. The van der Waals surface area contributed by atoms with E-state index in [-0.39, 0.29) is 31.7 Å². The van der Waals surface area contributed by atoms with Crippen molar-refractivity contribution in [1.82, 2.24) is 23.4 Å². The van der Waals surface area contributed by atoms with Gasteiger partial charge in [0.05, 0.1) is 5.56 Å². The normalized spacial score (nSPS) is 20.8. The molecule has 0 radical (unpaired) electrons. The van der Waals surface area contributed by atoms with E-state index in [1.165, 1.54) is 31.8 Å². The molecule has 2 aliphatic heterocycles. The Morgan fingerprint density at radius 2 is 1.59 bits per heavy atom. The maximum Gasteiger partial charge on any atom is 0.447 e. The number of aromatic nitrogens is 1. The van der Waals surface area contributed by atoms with E-state index in [1.54, 1.807) is 0 Å². The van der Waals surface area contributed by atoms with Crippen molar-refractivity contribution >= 4 is 27.9 Å². The molecule has 0 unspecified atom stereocenters. The Balaban J connectivity index is 1.65. The summed E-state index contributed by atoms with van der Waals surface area (Å²) in [6, 6.07) is 2.71. The number of thioether (sulfide) groups is 1. The number of pyridine rings is 1. The number of amides is 1. The fraction of sp³-hybridized carbons (Fsp3) is 0.625. The molecular weight excluding hydrogens is 431 g/mol. The largest absolute Gasteiger partial charge is 0.447 e. The van der Waals surface area contributed by atoms with E-state index >= 15 is 0 Å². The van der Waals surface area contributed by atoms with E-state index in [2.05, 4.69) is 4.98 Å². The summed E-state index contributed by atoms with van der Waals surface area (Å²) < 4.78 is 66.5. The van der Waals surface area contributed by atoms with E-state index in [4.69, 9.17) is 0 Å². The zero-order chi connectivity index (χ0) is 21.2. The van der Waals surface area contributed by atoms with Crippen LogP contribution in [0.15, 0.2) is 23.4 Å². The van der Waals surface area contributed by atoms with Crippen molar-refractivity contribution in [2.24, 2.45) is 0 Å². The average Bonchev–Trinajstić information content (AvgIpc) is 2.67. The Labute approximate surface area is 171 Å². The Bertz CT molecular complexity index is 836. The molecule has 0 saturated carbocycles. The molecular formula is C16H22F3N5O3S2. The number of carbonyl (C=O) groups is 1. The lowest BCUT2D eigenvalue weighted by Gasteiger charge is -2.39. The number of rotatable bonds is 4. The topological polar surface area (TPSA) is 77.1 Å². The first kappa shape index (κ1) is 22.3. The summed E-state index contributed by atoms with van der Waals surface area (Å²) >= 11 is -0.432. The number of halogens is 3. The highest BCUT2D eigenvalue weighted by molar-refractivity contribution is 8.00. The summed E-state index contributed by atoms with van der Waals surface area (Å²) in [6.07, 6.45) is 1.20. The lowest BCUT2D eigenvalue weighted by Crippen LogP contribution is -2.57. The number of likely N-dealkylation sites (N-methyl/N-ethyl adjacent to an activating group) is 1. The molecule has 0 aliphatic carbocycles. The number of hydrogen-bond acceptors (Lipinski definition) is 6. The smallest absolute Gasteiger partial charge is 0.336 e. The lowest BCUT2D eigenvalue weighted by molar-refractivity contribution is -0.0329. The van der Waals surface area contributed by atoms with Crippen LogP contribution in [-0.2, 0) is 10.2 Å². The van der Waals surface area contributed by atoms with Crippen molar-refractivity contribution in [1.29, 1.82) is 0 Å². The van der Waals surface area contributed by atoms with Crippen molar-refractivity contribution in [2.75, 3.05) is 59.4 Å². The Hall–Kier alpha value is -1.41. The minimum atomic E-state index is -4.56. The van der Waals surface area contributed by atoms with E-state index in [1.807, 2.05) is 11.9 Å². The van der Waals surface area contributed by atoms with E-state index in [0.717, 1.165) is 0 Å². The molecule has 0 aromatic carbocycles. The van der Waals surface area contributed by atoms with E-state index in [0.29, 0.717) is 26.2 Å². The molecule has 0 N–H and O–H groups in total. The zero-order valence-corrected chi connectivity index (χ0v) is 17.4. The summed E-state index contributed by atoms with van der Waals surface area (Å²) in [4.78, 5) is 19.8. The first-order chi connectivity index (χ1) is 13.6. The highest BCUT2D eigenvalue weighted by Crippen LogP contribution is 2.37. The van der Waals surface area contributed by atoms with Gasteiger partial charge in [-0.05, 0) is 19.2 Å². The summed E-state index contributed by atoms with van der Waals surface area (Å²) in [7, 11) is -1.69. The minimum absolute atomic E-state index is 0.0996. The quantitative estimate of drug-likeness (QED) is 0.632. The third-order valence-electron chi connectivity index (χ3n) is 4.85. The summed E-state index contributed by atoms with van der Waals surface area (Å²) in [6.45, 7) is 2.53. The van der Waals surface area contributed by atoms with Gasteiger partial charge in [0.25, 0.3) is 16.1 Å². The number of hydrogen-bond donors (Lipinski definition) is 0. The van der Waals surface area contributed by atoms with Gasteiger partial charge in [-0.1, -0.05) is 0 Å². The standard InChI is InChI=1S/C16H22F3N5O3S2/c1-21-5-9-23(10-6-21)29(26,27)24-11-7-22(8-12-24)15(25)13-3-2-4-20-14(13)28-16(17,18)19/h2-4H,5-12H2,1H3. The highest BCUT2D eigenvalue weighted by atomic mass is 32.2. The van der Waals surface area contributed by atoms with Gasteiger partial charge in [0.15, 0.2) is 0 Å². The van der Waals surface area contributed by atoms with Crippen LogP contribution in [0.5, 0.6) is 0 Å². The molecule has 1 aromatic rings. The van der Waals surface area contributed by atoms with Gasteiger partial charge in [-0.25, -0.2) is 4.98 Å². The van der Waals surface area contributed by atoms with Gasteiger partial charge in [0, 0.05) is 70.3 Å². The fourth-order valence-corrected chi connectivity index (χ4v) is 5.39.